The van der Waals surface area contributed by atoms with Crippen molar-refractivity contribution in [3.63, 3.8) is 0 Å². The van der Waals surface area contributed by atoms with Crippen molar-refractivity contribution < 1.29 is 13.2 Å². The predicted molar refractivity (Wildman–Crippen MR) is 78.3 cm³/mol. The van der Waals surface area contributed by atoms with E-state index in [0.29, 0.717) is 18.3 Å². The van der Waals surface area contributed by atoms with Gasteiger partial charge in [-0.2, -0.15) is 0 Å². The van der Waals surface area contributed by atoms with E-state index in [1.54, 1.807) is 39.2 Å². The molecule has 0 saturated heterocycles. The van der Waals surface area contributed by atoms with Crippen molar-refractivity contribution >= 4 is 10.0 Å². The first kappa shape index (κ1) is 15.3. The lowest BCUT2D eigenvalue weighted by atomic mass is 10.2. The molecule has 5 nitrogen and oxygen atoms in total. The van der Waals surface area contributed by atoms with E-state index in [1.165, 1.54) is 12.8 Å². The number of hydrogen-bond acceptors (Lipinski definition) is 4. The fourth-order valence-electron chi connectivity index (χ4n) is 1.98. The lowest BCUT2D eigenvalue weighted by Gasteiger charge is -2.13. The quantitative estimate of drug-likeness (QED) is 0.803. The molecule has 0 unspecified atom stereocenters. The Morgan fingerprint density at radius 2 is 2.05 bits per heavy atom. The molecule has 112 valence electrons. The zero-order valence-electron chi connectivity index (χ0n) is 12.1. The number of benzene rings is 1. The Labute approximate surface area is 120 Å². The molecule has 0 atom stereocenters. The molecule has 2 N–H and O–H groups in total. The minimum absolute atomic E-state index is 0.129. The summed E-state index contributed by atoms with van der Waals surface area (Å²) in [5.41, 5.74) is 0.867. The van der Waals surface area contributed by atoms with E-state index in [0.717, 1.165) is 5.56 Å². The van der Waals surface area contributed by atoms with Gasteiger partial charge in [-0.1, -0.05) is 0 Å². The van der Waals surface area contributed by atoms with Crippen LogP contribution in [0.25, 0.3) is 0 Å². The number of rotatable bonds is 7. The van der Waals surface area contributed by atoms with Gasteiger partial charge in [-0.3, -0.25) is 0 Å². The van der Waals surface area contributed by atoms with Crippen LogP contribution >= 0.6 is 0 Å². The van der Waals surface area contributed by atoms with Gasteiger partial charge in [-0.25, -0.2) is 13.1 Å². The van der Waals surface area contributed by atoms with Crippen LogP contribution in [0.5, 0.6) is 5.75 Å². The van der Waals surface area contributed by atoms with E-state index in [1.807, 2.05) is 0 Å². The summed E-state index contributed by atoms with van der Waals surface area (Å²) < 4.78 is 32.2. The van der Waals surface area contributed by atoms with E-state index in [-0.39, 0.29) is 10.9 Å². The molecule has 0 amide bonds. The van der Waals surface area contributed by atoms with Crippen molar-refractivity contribution in [3.05, 3.63) is 23.8 Å². The third kappa shape index (κ3) is 3.94. The molecule has 1 aromatic carbocycles. The Bertz CT molecular complexity index is 566. The minimum atomic E-state index is -3.46. The van der Waals surface area contributed by atoms with Gasteiger partial charge in [-0.05, 0) is 44.9 Å². The van der Waals surface area contributed by atoms with Crippen LogP contribution in [0, 0.1) is 0 Å². The van der Waals surface area contributed by atoms with Crippen LogP contribution in [0.3, 0.4) is 0 Å². The van der Waals surface area contributed by atoms with Gasteiger partial charge in [0.15, 0.2) is 0 Å². The fourth-order valence-corrected chi connectivity index (χ4v) is 3.28. The summed E-state index contributed by atoms with van der Waals surface area (Å²) >= 11 is 0. The van der Waals surface area contributed by atoms with E-state index in [4.69, 9.17) is 4.74 Å². The van der Waals surface area contributed by atoms with Gasteiger partial charge in [-0.15, -0.1) is 0 Å². The first-order valence-corrected chi connectivity index (χ1v) is 8.33. The van der Waals surface area contributed by atoms with Crippen molar-refractivity contribution in [3.8, 4) is 5.75 Å². The summed E-state index contributed by atoms with van der Waals surface area (Å²) in [5, 5.41) is 3.37. The highest BCUT2D eigenvalue weighted by atomic mass is 32.2. The van der Waals surface area contributed by atoms with Crippen molar-refractivity contribution in [1.82, 2.24) is 10.0 Å². The van der Waals surface area contributed by atoms with Crippen molar-refractivity contribution in [2.75, 3.05) is 7.11 Å². The maximum absolute atomic E-state index is 12.2. The Morgan fingerprint density at radius 1 is 1.35 bits per heavy atom. The van der Waals surface area contributed by atoms with Gasteiger partial charge < -0.3 is 10.1 Å². The van der Waals surface area contributed by atoms with Crippen LogP contribution in [-0.2, 0) is 16.6 Å². The highest BCUT2D eigenvalue weighted by molar-refractivity contribution is 7.89. The first-order valence-electron chi connectivity index (χ1n) is 6.85. The molecule has 1 saturated carbocycles. The molecule has 6 heteroatoms. The zero-order chi connectivity index (χ0) is 14.8. The predicted octanol–water partition coefficient (Wildman–Crippen LogP) is 1.63. The molecule has 1 aliphatic carbocycles. The summed E-state index contributed by atoms with van der Waals surface area (Å²) in [7, 11) is -1.87. The van der Waals surface area contributed by atoms with Gasteiger partial charge >= 0.3 is 0 Å². The largest absolute Gasteiger partial charge is 0.496 e. The average molecular weight is 298 g/mol. The molecule has 2 rings (SSSR count). The van der Waals surface area contributed by atoms with E-state index in [2.05, 4.69) is 10.0 Å². The first-order chi connectivity index (χ1) is 9.42. The molecule has 1 aromatic rings. The maximum atomic E-state index is 12.2. The number of sulfonamides is 1. The maximum Gasteiger partial charge on any atom is 0.240 e. The lowest BCUT2D eigenvalue weighted by Crippen LogP contribution is -2.30. The van der Waals surface area contributed by atoms with Crippen molar-refractivity contribution in [1.29, 1.82) is 0 Å². The molecular weight excluding hydrogens is 276 g/mol. The molecule has 0 spiro atoms. The van der Waals surface area contributed by atoms with Crippen LogP contribution in [-0.4, -0.2) is 27.6 Å². The SMILES string of the molecule is COc1ccc(S(=O)(=O)NC(C)C)cc1CNC1CC1. The van der Waals surface area contributed by atoms with Crippen LogP contribution in [0.2, 0.25) is 0 Å². The molecule has 0 heterocycles. The van der Waals surface area contributed by atoms with Crippen molar-refractivity contribution in [2.24, 2.45) is 0 Å². The molecule has 0 aliphatic heterocycles. The topological polar surface area (TPSA) is 67.4 Å². The summed E-state index contributed by atoms with van der Waals surface area (Å²) in [6.45, 7) is 4.23. The fraction of sp³-hybridized carbons (Fsp3) is 0.571. The third-order valence-electron chi connectivity index (χ3n) is 3.11. The molecular formula is C14H22N2O3S. The van der Waals surface area contributed by atoms with E-state index in [9.17, 15) is 8.42 Å². The smallest absolute Gasteiger partial charge is 0.240 e. The zero-order valence-corrected chi connectivity index (χ0v) is 13.0. The Balaban J connectivity index is 2.23. The van der Waals surface area contributed by atoms with Crippen LogP contribution in [0.4, 0.5) is 0 Å². The summed E-state index contributed by atoms with van der Waals surface area (Å²) in [4.78, 5) is 0.277. The Kier molecular flexibility index (Phi) is 4.67. The minimum Gasteiger partial charge on any atom is -0.496 e. The van der Waals surface area contributed by atoms with Gasteiger partial charge in [0, 0.05) is 24.2 Å². The standard InChI is InChI=1S/C14H22N2O3S/c1-10(2)16-20(17,18)13-6-7-14(19-3)11(8-13)9-15-12-4-5-12/h6-8,10,12,15-16H,4-5,9H2,1-3H3. The summed E-state index contributed by atoms with van der Waals surface area (Å²) in [5.74, 6) is 0.710. The molecule has 1 fully saturated rings. The molecule has 0 bridgehead atoms. The second-order valence-electron chi connectivity index (χ2n) is 5.40. The highest BCUT2D eigenvalue weighted by Crippen LogP contribution is 2.25. The molecule has 0 radical (unpaired) electrons. The number of nitrogens with one attached hydrogen (secondary N) is 2. The van der Waals surface area contributed by atoms with Gasteiger partial charge in [0.2, 0.25) is 10.0 Å². The van der Waals surface area contributed by atoms with Gasteiger partial charge in [0.1, 0.15) is 5.75 Å². The van der Waals surface area contributed by atoms with Crippen LogP contribution in [0.1, 0.15) is 32.3 Å². The molecule has 0 aromatic heterocycles. The molecule has 20 heavy (non-hydrogen) atoms. The highest BCUT2D eigenvalue weighted by Gasteiger charge is 2.22. The van der Waals surface area contributed by atoms with E-state index < -0.39 is 10.0 Å². The van der Waals surface area contributed by atoms with Gasteiger partial charge in [0.25, 0.3) is 0 Å². The summed E-state index contributed by atoms with van der Waals surface area (Å²) in [6, 6.07) is 5.39. The monoisotopic (exact) mass is 298 g/mol. The number of hydrogen-bond donors (Lipinski definition) is 2. The number of methoxy groups -OCH3 is 1. The van der Waals surface area contributed by atoms with Crippen LogP contribution < -0.4 is 14.8 Å². The average Bonchev–Trinajstić information content (AvgIpc) is 3.18. The summed E-state index contributed by atoms with van der Waals surface area (Å²) in [6.07, 6.45) is 2.38. The lowest BCUT2D eigenvalue weighted by molar-refractivity contribution is 0.407. The second kappa shape index (κ2) is 6.11. The van der Waals surface area contributed by atoms with E-state index >= 15 is 0 Å². The Hall–Kier alpha value is -1.11. The third-order valence-corrected chi connectivity index (χ3v) is 4.77. The van der Waals surface area contributed by atoms with Crippen molar-refractivity contribution in [2.45, 2.75) is 50.2 Å². The molecule has 1 aliphatic rings. The number of ether oxygens (including phenoxy) is 1. The second-order valence-corrected chi connectivity index (χ2v) is 7.12. The Morgan fingerprint density at radius 3 is 2.60 bits per heavy atom. The van der Waals surface area contributed by atoms with Crippen LogP contribution in [0.15, 0.2) is 23.1 Å². The van der Waals surface area contributed by atoms with Gasteiger partial charge in [0.05, 0.1) is 12.0 Å². The normalized spacial score (nSPS) is 15.6.